The Balaban J connectivity index is 1.20. The first-order valence-electron chi connectivity index (χ1n) is 19.0. The zero-order chi connectivity index (χ0) is 36.3. The maximum absolute atomic E-state index is 7.34. The maximum atomic E-state index is 7.34. The molecule has 2 aliphatic rings. The summed E-state index contributed by atoms with van der Waals surface area (Å²) in [7, 11) is 0. The fourth-order valence-corrected chi connectivity index (χ4v) is 9.87. The summed E-state index contributed by atoms with van der Waals surface area (Å²) in [4.78, 5) is 2.40. The van der Waals surface area contributed by atoms with Crippen LogP contribution in [-0.2, 0) is 10.8 Å². The zero-order valence-electron chi connectivity index (χ0n) is 30.9. The van der Waals surface area contributed by atoms with E-state index in [1.54, 1.807) is 0 Å². The van der Waals surface area contributed by atoms with Gasteiger partial charge in [0.05, 0.1) is 5.69 Å². The van der Waals surface area contributed by atoms with Crippen LogP contribution >= 0.6 is 0 Å². The average Bonchev–Trinajstić information content (AvgIpc) is 3.80. The molecule has 0 saturated carbocycles. The molecular formula is C52H39NO. The number of para-hydroxylation sites is 1. The van der Waals surface area contributed by atoms with E-state index in [9.17, 15) is 0 Å². The Labute approximate surface area is 315 Å². The summed E-state index contributed by atoms with van der Waals surface area (Å²) in [5.74, 6) is 0. The molecule has 258 valence electrons. The van der Waals surface area contributed by atoms with E-state index in [-0.39, 0.29) is 10.8 Å². The van der Waals surface area contributed by atoms with Crippen LogP contribution in [0, 0.1) is 0 Å². The van der Waals surface area contributed by atoms with Gasteiger partial charge in [-0.2, -0.15) is 0 Å². The lowest BCUT2D eigenvalue weighted by atomic mass is 9.79. The molecule has 0 amide bonds. The zero-order valence-corrected chi connectivity index (χ0v) is 30.9. The van der Waals surface area contributed by atoms with E-state index in [0.717, 1.165) is 33.6 Å². The number of fused-ring (bicyclic) bond motifs is 13. The van der Waals surface area contributed by atoms with Crippen LogP contribution in [0.15, 0.2) is 168 Å². The minimum atomic E-state index is -0.164. The van der Waals surface area contributed by atoms with Gasteiger partial charge in [-0.05, 0) is 91.2 Å². The van der Waals surface area contributed by atoms with Crippen LogP contribution in [0.25, 0.3) is 66.1 Å². The number of benzene rings is 8. The predicted octanol–water partition coefficient (Wildman–Crippen LogP) is 14.5. The van der Waals surface area contributed by atoms with Crippen molar-refractivity contribution in [3.63, 3.8) is 0 Å². The molecule has 0 fully saturated rings. The summed E-state index contributed by atoms with van der Waals surface area (Å²) in [6.45, 7) is 9.42. The monoisotopic (exact) mass is 693 g/mol. The maximum Gasteiger partial charge on any atom is 0.159 e. The van der Waals surface area contributed by atoms with Gasteiger partial charge in [0.25, 0.3) is 0 Å². The lowest BCUT2D eigenvalue weighted by Gasteiger charge is -2.28. The molecule has 0 radical (unpaired) electrons. The normalized spacial score (nSPS) is 14.6. The lowest BCUT2D eigenvalue weighted by molar-refractivity contribution is 0.657. The molecule has 2 nitrogen and oxygen atoms in total. The topological polar surface area (TPSA) is 16.4 Å². The number of hydrogen-bond donors (Lipinski definition) is 0. The quantitative estimate of drug-likeness (QED) is 0.182. The summed E-state index contributed by atoms with van der Waals surface area (Å²) in [5, 5.41) is 4.84. The fraction of sp³-hybridized carbons (Fsp3) is 0.115. The first-order chi connectivity index (χ1) is 26.3. The van der Waals surface area contributed by atoms with Crippen molar-refractivity contribution < 1.29 is 4.42 Å². The van der Waals surface area contributed by atoms with Crippen molar-refractivity contribution in [2.75, 3.05) is 4.90 Å². The van der Waals surface area contributed by atoms with Crippen molar-refractivity contribution in [1.82, 2.24) is 0 Å². The summed E-state index contributed by atoms with van der Waals surface area (Å²) in [6, 6.07) is 60.0. The highest BCUT2D eigenvalue weighted by molar-refractivity contribution is 6.26. The Kier molecular flexibility index (Phi) is 6.39. The Morgan fingerprint density at radius 1 is 0.426 bits per heavy atom. The molecule has 0 atom stereocenters. The fourth-order valence-electron chi connectivity index (χ4n) is 9.87. The van der Waals surface area contributed by atoms with Crippen molar-refractivity contribution in [3.05, 3.63) is 186 Å². The molecule has 0 spiro atoms. The SMILES string of the molecule is CC1(C)c2ccccc2-c2ccc(N(c3ccc(-c4ccccc4)cc3)c3cccc4c3oc3c5c(c6ccccc6c34)C(C)(C)c3ccccc3-5)cc21. The molecule has 9 aromatic rings. The number of rotatable bonds is 4. The van der Waals surface area contributed by atoms with E-state index < -0.39 is 0 Å². The Morgan fingerprint density at radius 2 is 1.02 bits per heavy atom. The molecule has 2 heteroatoms. The van der Waals surface area contributed by atoms with Gasteiger partial charge < -0.3 is 9.32 Å². The van der Waals surface area contributed by atoms with Crippen LogP contribution in [-0.4, -0.2) is 0 Å². The van der Waals surface area contributed by atoms with Gasteiger partial charge in [0.15, 0.2) is 5.58 Å². The highest BCUT2D eigenvalue weighted by Gasteiger charge is 2.40. The van der Waals surface area contributed by atoms with Crippen LogP contribution in [0.1, 0.15) is 49.9 Å². The number of nitrogens with zero attached hydrogens (tertiary/aromatic N) is 1. The minimum absolute atomic E-state index is 0.129. The van der Waals surface area contributed by atoms with Crippen molar-refractivity contribution in [1.29, 1.82) is 0 Å². The van der Waals surface area contributed by atoms with E-state index in [0.29, 0.717) is 0 Å². The smallest absolute Gasteiger partial charge is 0.159 e. The molecule has 54 heavy (non-hydrogen) atoms. The second-order valence-corrected chi connectivity index (χ2v) is 16.1. The third kappa shape index (κ3) is 4.17. The van der Waals surface area contributed by atoms with Gasteiger partial charge in [-0.3, -0.25) is 0 Å². The van der Waals surface area contributed by atoms with Gasteiger partial charge in [-0.15, -0.1) is 0 Å². The van der Waals surface area contributed by atoms with Crippen molar-refractivity contribution in [3.8, 4) is 33.4 Å². The van der Waals surface area contributed by atoms with E-state index in [1.807, 2.05) is 0 Å². The first kappa shape index (κ1) is 31.2. The van der Waals surface area contributed by atoms with Gasteiger partial charge in [0, 0.05) is 38.5 Å². The average molecular weight is 694 g/mol. The third-order valence-electron chi connectivity index (χ3n) is 12.4. The van der Waals surface area contributed by atoms with Gasteiger partial charge in [-0.25, -0.2) is 0 Å². The van der Waals surface area contributed by atoms with Crippen LogP contribution in [0.5, 0.6) is 0 Å². The molecule has 0 aliphatic heterocycles. The molecule has 11 rings (SSSR count). The number of furan rings is 1. The second kappa shape index (κ2) is 11.1. The number of hydrogen-bond acceptors (Lipinski definition) is 2. The van der Waals surface area contributed by atoms with E-state index in [2.05, 4.69) is 196 Å². The molecule has 1 heterocycles. The number of anilines is 3. The Morgan fingerprint density at radius 3 is 1.80 bits per heavy atom. The molecule has 2 aliphatic carbocycles. The molecule has 0 N–H and O–H groups in total. The largest absolute Gasteiger partial charge is 0.453 e. The van der Waals surface area contributed by atoms with E-state index in [4.69, 9.17) is 4.42 Å². The highest BCUT2D eigenvalue weighted by atomic mass is 16.3. The minimum Gasteiger partial charge on any atom is -0.453 e. The van der Waals surface area contributed by atoms with Crippen molar-refractivity contribution in [2.45, 2.75) is 38.5 Å². The lowest BCUT2D eigenvalue weighted by Crippen LogP contribution is -2.16. The van der Waals surface area contributed by atoms with Gasteiger partial charge >= 0.3 is 0 Å². The van der Waals surface area contributed by atoms with E-state index >= 15 is 0 Å². The standard InChI is InChI=1S/C52H39NO/c1-51(2)42-22-12-10-17-36(42)37-30-29-35(31-44(37)51)53(34-27-25-33(26-28-34)32-15-6-5-7-16-32)45-24-14-21-41-46-38-18-8-9-19-39(38)48-47(50(46)54-49(41)45)40-20-11-13-23-43(40)52(48,3)4/h5-31H,1-4H3. The van der Waals surface area contributed by atoms with Crippen molar-refractivity contribution in [2.24, 2.45) is 0 Å². The molecule has 1 aromatic heterocycles. The predicted molar refractivity (Wildman–Crippen MR) is 226 cm³/mol. The van der Waals surface area contributed by atoms with Gasteiger partial charge in [-0.1, -0.05) is 161 Å². The summed E-state index contributed by atoms with van der Waals surface area (Å²) in [5.41, 5.74) is 17.7. The molecule has 0 bridgehead atoms. The van der Waals surface area contributed by atoms with Gasteiger partial charge in [0.2, 0.25) is 0 Å². The third-order valence-corrected chi connectivity index (χ3v) is 12.4. The molecular weight excluding hydrogens is 655 g/mol. The van der Waals surface area contributed by atoms with Gasteiger partial charge in [0.1, 0.15) is 5.58 Å². The Hall–Kier alpha value is -6.38. The highest BCUT2D eigenvalue weighted by Crippen LogP contribution is 2.57. The van der Waals surface area contributed by atoms with Crippen LogP contribution < -0.4 is 4.90 Å². The van der Waals surface area contributed by atoms with Crippen LogP contribution in [0.4, 0.5) is 17.1 Å². The summed E-state index contributed by atoms with van der Waals surface area (Å²) in [6.07, 6.45) is 0. The summed E-state index contributed by atoms with van der Waals surface area (Å²) < 4.78 is 7.34. The van der Waals surface area contributed by atoms with E-state index in [1.165, 1.54) is 71.8 Å². The first-order valence-corrected chi connectivity index (χ1v) is 19.0. The van der Waals surface area contributed by atoms with Crippen molar-refractivity contribution >= 4 is 49.8 Å². The Bertz CT molecular complexity index is 2980. The second-order valence-electron chi connectivity index (χ2n) is 16.1. The molecule has 0 unspecified atom stereocenters. The summed E-state index contributed by atoms with van der Waals surface area (Å²) >= 11 is 0. The molecule has 8 aromatic carbocycles. The van der Waals surface area contributed by atoms with Crippen LogP contribution in [0.2, 0.25) is 0 Å². The van der Waals surface area contributed by atoms with Crippen LogP contribution in [0.3, 0.4) is 0 Å². The molecule has 0 saturated heterocycles.